The molecule has 0 bridgehead atoms. The van der Waals surface area contributed by atoms with Gasteiger partial charge in [0.05, 0.1) is 24.8 Å². The van der Waals surface area contributed by atoms with E-state index in [1.807, 2.05) is 0 Å². The van der Waals surface area contributed by atoms with Gasteiger partial charge in [0, 0.05) is 18.7 Å². The Morgan fingerprint density at radius 3 is 2.67 bits per heavy atom. The van der Waals surface area contributed by atoms with Crippen LogP contribution in [0.4, 0.5) is 11.4 Å². The van der Waals surface area contributed by atoms with E-state index in [0.717, 1.165) is 0 Å². The van der Waals surface area contributed by atoms with Crippen molar-refractivity contribution in [1.82, 2.24) is 0 Å². The molecule has 2 rings (SSSR count). The lowest BCUT2D eigenvalue weighted by Gasteiger charge is -2.14. The highest BCUT2D eigenvalue weighted by atomic mass is 16.6. The zero-order chi connectivity index (χ0) is 13.3. The summed E-state index contributed by atoms with van der Waals surface area (Å²) in [5.74, 6) is -0.242. The van der Waals surface area contributed by atoms with Gasteiger partial charge in [-0.05, 0) is 0 Å². The van der Waals surface area contributed by atoms with E-state index in [1.54, 1.807) is 0 Å². The van der Waals surface area contributed by atoms with E-state index >= 15 is 0 Å². The third-order valence-electron chi connectivity index (χ3n) is 2.59. The number of nitro benzene ring substituents is 1. The molecule has 18 heavy (non-hydrogen) atoms. The minimum Gasteiger partial charge on any atom is -0.493 e. The number of benzene rings is 1. The minimum absolute atomic E-state index is 0.0276. The summed E-state index contributed by atoms with van der Waals surface area (Å²) in [5, 5.41) is 11.1. The van der Waals surface area contributed by atoms with Crippen LogP contribution in [0.3, 0.4) is 0 Å². The van der Waals surface area contributed by atoms with Crippen LogP contribution in [0.15, 0.2) is 11.1 Å². The third-order valence-corrected chi connectivity index (χ3v) is 2.59. The molecule has 1 aliphatic rings. The van der Waals surface area contributed by atoms with Crippen LogP contribution in [0, 0.1) is 10.1 Å². The molecule has 1 aromatic rings. The Morgan fingerprint density at radius 1 is 1.39 bits per heavy atom. The van der Waals surface area contributed by atoms with Crippen LogP contribution >= 0.6 is 0 Å². The molecule has 1 aromatic carbocycles. The number of nitro groups is 1. The van der Waals surface area contributed by atoms with Crippen molar-refractivity contribution in [3.05, 3.63) is 21.7 Å². The first kappa shape index (κ1) is 12.0. The van der Waals surface area contributed by atoms with E-state index in [1.165, 1.54) is 26.5 Å². The van der Waals surface area contributed by atoms with Crippen LogP contribution in [0.1, 0.15) is 16.8 Å². The summed E-state index contributed by atoms with van der Waals surface area (Å²) in [6.07, 6.45) is 1.46. The summed E-state index contributed by atoms with van der Waals surface area (Å²) >= 11 is 0. The summed E-state index contributed by atoms with van der Waals surface area (Å²) in [4.78, 5) is 26.2. The van der Waals surface area contributed by atoms with E-state index < -0.39 is 10.6 Å². The van der Waals surface area contributed by atoms with Crippen molar-refractivity contribution >= 4 is 23.4 Å². The monoisotopic (exact) mass is 250 g/mol. The van der Waals surface area contributed by atoms with E-state index in [2.05, 4.69) is 4.99 Å². The van der Waals surface area contributed by atoms with Crippen LogP contribution in [0.25, 0.3) is 0 Å². The molecule has 0 spiro atoms. The second-order valence-electron chi connectivity index (χ2n) is 3.55. The number of ether oxygens (including phenoxy) is 2. The second-order valence-corrected chi connectivity index (χ2v) is 3.55. The number of nitrogens with zero attached hydrogens (tertiary/aromatic N) is 2. The summed E-state index contributed by atoms with van der Waals surface area (Å²) in [6.45, 7) is 0. The average molecular weight is 250 g/mol. The maximum atomic E-state index is 11.8. The van der Waals surface area contributed by atoms with Crippen molar-refractivity contribution in [2.24, 2.45) is 4.99 Å². The van der Waals surface area contributed by atoms with E-state index in [4.69, 9.17) is 9.47 Å². The van der Waals surface area contributed by atoms with Gasteiger partial charge >= 0.3 is 5.69 Å². The Morgan fingerprint density at radius 2 is 2.11 bits per heavy atom. The van der Waals surface area contributed by atoms with Crippen molar-refractivity contribution in [1.29, 1.82) is 0 Å². The fraction of sp³-hybridized carbons (Fsp3) is 0.273. The molecular weight excluding hydrogens is 240 g/mol. The van der Waals surface area contributed by atoms with Gasteiger partial charge in [-0.15, -0.1) is 0 Å². The number of fused-ring (bicyclic) bond motifs is 1. The van der Waals surface area contributed by atoms with Crippen molar-refractivity contribution in [2.75, 3.05) is 14.2 Å². The van der Waals surface area contributed by atoms with Crippen LogP contribution < -0.4 is 9.47 Å². The topological polar surface area (TPSA) is 91.0 Å². The molecule has 0 amide bonds. The number of hydrogen-bond donors (Lipinski definition) is 0. The molecule has 0 saturated carbocycles. The molecule has 94 valence electrons. The molecular formula is C11H10N2O5. The van der Waals surface area contributed by atoms with Crippen molar-refractivity contribution < 1.29 is 19.2 Å². The highest BCUT2D eigenvalue weighted by Gasteiger charge is 2.33. The maximum Gasteiger partial charge on any atom is 0.327 e. The number of Topliss-reactive ketones (excluding diaryl/α,β-unsaturated/α-hetero) is 1. The molecule has 0 fully saturated rings. The lowest BCUT2D eigenvalue weighted by molar-refractivity contribution is -0.386. The Bertz CT molecular complexity index is 565. The molecule has 0 N–H and O–H groups in total. The number of ketones is 1. The lowest BCUT2D eigenvalue weighted by atomic mass is 10.0. The SMILES string of the molecule is COc1cc2c(c([N+](=O)[O-])c1OC)C(=O)CC=N2. The Balaban J connectivity index is 2.84. The van der Waals surface area contributed by atoms with Crippen molar-refractivity contribution in [3.8, 4) is 11.5 Å². The standard InChI is InChI=1S/C11H10N2O5/c1-17-8-5-6-9(7(14)3-4-12-6)10(13(15)16)11(8)18-2/h4-5H,3H2,1-2H3. The Hall–Kier alpha value is -2.44. The van der Waals surface area contributed by atoms with Crippen LogP contribution in [0.2, 0.25) is 0 Å². The zero-order valence-corrected chi connectivity index (χ0v) is 9.80. The van der Waals surface area contributed by atoms with Gasteiger partial charge in [-0.2, -0.15) is 0 Å². The first-order valence-electron chi connectivity index (χ1n) is 5.09. The molecule has 0 aliphatic carbocycles. The Labute approximate surface area is 102 Å². The van der Waals surface area contributed by atoms with E-state index in [0.29, 0.717) is 0 Å². The Kier molecular flexibility index (Phi) is 2.97. The number of methoxy groups -OCH3 is 2. The van der Waals surface area contributed by atoms with E-state index in [9.17, 15) is 14.9 Å². The number of carbonyl (C=O) groups excluding carboxylic acids is 1. The molecule has 0 unspecified atom stereocenters. The molecule has 0 radical (unpaired) electrons. The van der Waals surface area contributed by atoms with Crippen molar-refractivity contribution in [2.45, 2.75) is 6.42 Å². The third kappa shape index (κ3) is 1.69. The molecule has 1 heterocycles. The smallest absolute Gasteiger partial charge is 0.327 e. The quantitative estimate of drug-likeness (QED) is 0.603. The zero-order valence-electron chi connectivity index (χ0n) is 9.80. The largest absolute Gasteiger partial charge is 0.493 e. The van der Waals surface area contributed by atoms with E-state index in [-0.39, 0.29) is 35.0 Å². The first-order chi connectivity index (χ1) is 8.60. The molecule has 7 heteroatoms. The van der Waals surface area contributed by atoms with Gasteiger partial charge in [-0.1, -0.05) is 0 Å². The molecule has 0 atom stereocenters. The maximum absolute atomic E-state index is 11.8. The number of aliphatic imine (C=N–C) groups is 1. The highest BCUT2D eigenvalue weighted by Crippen LogP contribution is 2.45. The van der Waals surface area contributed by atoms with Gasteiger partial charge in [0.1, 0.15) is 5.56 Å². The number of hydrogen-bond acceptors (Lipinski definition) is 6. The van der Waals surface area contributed by atoms with Gasteiger partial charge in [0.15, 0.2) is 11.5 Å². The van der Waals surface area contributed by atoms with Gasteiger partial charge < -0.3 is 9.47 Å². The van der Waals surface area contributed by atoms with Gasteiger partial charge in [0.2, 0.25) is 5.75 Å². The van der Waals surface area contributed by atoms with Gasteiger partial charge in [-0.3, -0.25) is 19.9 Å². The molecule has 7 nitrogen and oxygen atoms in total. The second kappa shape index (κ2) is 4.44. The predicted molar refractivity (Wildman–Crippen MR) is 63.3 cm³/mol. The molecule has 0 saturated heterocycles. The molecule has 0 aromatic heterocycles. The highest BCUT2D eigenvalue weighted by molar-refractivity contribution is 6.13. The number of carbonyl (C=O) groups is 1. The van der Waals surface area contributed by atoms with Crippen molar-refractivity contribution in [3.63, 3.8) is 0 Å². The normalized spacial score (nSPS) is 13.1. The van der Waals surface area contributed by atoms with Gasteiger partial charge in [-0.25, -0.2) is 0 Å². The summed E-state index contributed by atoms with van der Waals surface area (Å²) in [7, 11) is 2.65. The summed E-state index contributed by atoms with van der Waals surface area (Å²) in [5.41, 5.74) is -0.190. The molecule has 1 aliphatic heterocycles. The fourth-order valence-corrected chi connectivity index (χ4v) is 1.84. The van der Waals surface area contributed by atoms with Crippen LogP contribution in [-0.4, -0.2) is 31.1 Å². The fourth-order valence-electron chi connectivity index (χ4n) is 1.84. The minimum atomic E-state index is -0.654. The lowest BCUT2D eigenvalue weighted by Crippen LogP contribution is -2.10. The predicted octanol–water partition coefficient (Wildman–Crippen LogP) is 1.90. The summed E-state index contributed by atoms with van der Waals surface area (Å²) in [6, 6.07) is 1.45. The van der Waals surface area contributed by atoms with Gasteiger partial charge in [0.25, 0.3) is 0 Å². The summed E-state index contributed by atoms with van der Waals surface area (Å²) < 4.78 is 9.99. The van der Waals surface area contributed by atoms with Crippen LogP contribution in [0.5, 0.6) is 11.5 Å². The van der Waals surface area contributed by atoms with Crippen LogP contribution in [-0.2, 0) is 0 Å². The first-order valence-corrected chi connectivity index (χ1v) is 5.09. The average Bonchev–Trinajstić information content (AvgIpc) is 2.36. The number of rotatable bonds is 3.